The lowest BCUT2D eigenvalue weighted by atomic mass is 10.1. The van der Waals surface area contributed by atoms with Gasteiger partial charge in [0.15, 0.2) is 5.01 Å². The molecule has 11 nitrogen and oxygen atoms in total. The van der Waals surface area contributed by atoms with E-state index in [1.807, 2.05) is 21.0 Å². The molecule has 13 heteroatoms. The van der Waals surface area contributed by atoms with Crippen LogP contribution in [0.5, 0.6) is 5.88 Å². The lowest BCUT2D eigenvalue weighted by molar-refractivity contribution is 0.0932. The van der Waals surface area contributed by atoms with Crippen LogP contribution in [-0.2, 0) is 10.0 Å². The minimum absolute atomic E-state index is 0.279. The molecule has 198 valence electrons. The summed E-state index contributed by atoms with van der Waals surface area (Å²) in [7, 11) is 0.564. The third kappa shape index (κ3) is 7.43. The maximum absolute atomic E-state index is 13.2. The molecule has 3 heterocycles. The van der Waals surface area contributed by atoms with E-state index in [4.69, 9.17) is 4.74 Å². The molecule has 0 spiro atoms. The predicted octanol–water partition coefficient (Wildman–Crippen LogP) is 3.11. The summed E-state index contributed by atoms with van der Waals surface area (Å²) >= 11 is 1.21. The fraction of sp³-hybridized carbons (Fsp3) is 0.458. The first-order valence-corrected chi connectivity index (χ1v) is 14.5. The fourth-order valence-electron chi connectivity index (χ4n) is 3.64. The van der Waals surface area contributed by atoms with Gasteiger partial charge >= 0.3 is 0 Å². The number of anilines is 1. The Kier molecular flexibility index (Phi) is 8.67. The highest BCUT2D eigenvalue weighted by Gasteiger charge is 2.35. The van der Waals surface area contributed by atoms with Gasteiger partial charge in [-0.05, 0) is 65.4 Å². The van der Waals surface area contributed by atoms with Gasteiger partial charge < -0.3 is 15.0 Å². The molecular formula is C24H31N7O4S2. The molecule has 1 aliphatic rings. The van der Waals surface area contributed by atoms with Crippen molar-refractivity contribution in [1.29, 1.82) is 0 Å². The Labute approximate surface area is 220 Å². The summed E-state index contributed by atoms with van der Waals surface area (Å²) in [5.41, 5.74) is 1.59. The first-order chi connectivity index (χ1) is 17.7. The molecular weight excluding hydrogens is 514 g/mol. The number of hydrogen-bond donors (Lipinski definition) is 2. The Morgan fingerprint density at radius 3 is 2.78 bits per heavy atom. The summed E-state index contributed by atoms with van der Waals surface area (Å²) in [5.74, 6) is 0.0643. The molecule has 0 saturated heterocycles. The van der Waals surface area contributed by atoms with Crippen molar-refractivity contribution in [3.8, 4) is 16.5 Å². The number of thiazole rings is 1. The Balaban J connectivity index is 1.51. The monoisotopic (exact) mass is 545 g/mol. The number of sulfonamides is 1. The highest BCUT2D eigenvalue weighted by Crippen LogP contribution is 2.30. The van der Waals surface area contributed by atoms with Crippen LogP contribution in [0.15, 0.2) is 36.9 Å². The van der Waals surface area contributed by atoms with Crippen LogP contribution < -0.4 is 14.8 Å². The number of amides is 1. The van der Waals surface area contributed by atoms with Gasteiger partial charge in [-0.15, -0.1) is 11.3 Å². The molecule has 3 aromatic rings. The third-order valence-electron chi connectivity index (χ3n) is 5.62. The number of nitrogens with zero attached hydrogens (tertiary/aromatic N) is 5. The maximum atomic E-state index is 13.2. The summed E-state index contributed by atoms with van der Waals surface area (Å²) in [6.45, 7) is 3.17. The first-order valence-electron chi connectivity index (χ1n) is 12.1. The van der Waals surface area contributed by atoms with Crippen LogP contribution in [0.4, 0.5) is 5.69 Å². The van der Waals surface area contributed by atoms with Gasteiger partial charge in [0.05, 0.1) is 46.6 Å². The molecule has 2 N–H and O–H groups in total. The molecule has 3 aromatic heterocycles. The second-order valence-corrected chi connectivity index (χ2v) is 12.0. The van der Waals surface area contributed by atoms with Crippen LogP contribution in [0, 0.1) is 0 Å². The Morgan fingerprint density at radius 2 is 2.05 bits per heavy atom. The van der Waals surface area contributed by atoms with Crippen molar-refractivity contribution in [3.63, 3.8) is 0 Å². The van der Waals surface area contributed by atoms with Crippen molar-refractivity contribution in [2.75, 3.05) is 32.0 Å². The van der Waals surface area contributed by atoms with E-state index in [0.29, 0.717) is 53.7 Å². The average Bonchev–Trinajstić information content (AvgIpc) is 3.61. The SMILES string of the molecule is CCOc1cncc(-c2cnc(C(=O)NC(CCCN(C)C)c3cc(NS(=O)(=O)C4CC4)ccn3)s2)n1. The molecule has 0 aliphatic heterocycles. The highest BCUT2D eigenvalue weighted by molar-refractivity contribution is 7.93. The second-order valence-electron chi connectivity index (χ2n) is 8.99. The number of carbonyl (C=O) groups excluding carboxylic acids is 1. The summed E-state index contributed by atoms with van der Waals surface area (Å²) < 4.78 is 32.9. The molecule has 1 amide bonds. The molecule has 1 saturated carbocycles. The van der Waals surface area contributed by atoms with Crippen LogP contribution in [-0.4, -0.2) is 71.7 Å². The van der Waals surface area contributed by atoms with Crippen LogP contribution in [0.2, 0.25) is 0 Å². The lowest BCUT2D eigenvalue weighted by Gasteiger charge is -2.20. The highest BCUT2D eigenvalue weighted by atomic mass is 32.2. The summed E-state index contributed by atoms with van der Waals surface area (Å²) in [4.78, 5) is 33.2. The van der Waals surface area contributed by atoms with Crippen molar-refractivity contribution < 1.29 is 17.9 Å². The van der Waals surface area contributed by atoms with Crippen molar-refractivity contribution >= 4 is 33.0 Å². The number of carbonyl (C=O) groups is 1. The topological polar surface area (TPSA) is 139 Å². The summed E-state index contributed by atoms with van der Waals surface area (Å²) in [6.07, 6.45) is 9.05. The molecule has 37 heavy (non-hydrogen) atoms. The number of rotatable bonds is 13. The molecule has 1 aliphatic carbocycles. The van der Waals surface area contributed by atoms with E-state index in [-0.39, 0.29) is 16.2 Å². The van der Waals surface area contributed by atoms with E-state index in [1.54, 1.807) is 30.7 Å². The Morgan fingerprint density at radius 1 is 1.24 bits per heavy atom. The first kappa shape index (κ1) is 26.9. The van der Waals surface area contributed by atoms with Crippen molar-refractivity contribution in [2.24, 2.45) is 0 Å². The largest absolute Gasteiger partial charge is 0.477 e. The van der Waals surface area contributed by atoms with Crippen LogP contribution in [0.1, 0.15) is 54.1 Å². The van der Waals surface area contributed by atoms with Crippen LogP contribution in [0.3, 0.4) is 0 Å². The lowest BCUT2D eigenvalue weighted by Crippen LogP contribution is -2.30. The van der Waals surface area contributed by atoms with Crippen molar-refractivity contribution in [1.82, 2.24) is 30.2 Å². The number of hydrogen-bond acceptors (Lipinski definition) is 10. The van der Waals surface area contributed by atoms with Gasteiger partial charge in [-0.2, -0.15) is 0 Å². The minimum Gasteiger partial charge on any atom is -0.477 e. The van der Waals surface area contributed by atoms with Gasteiger partial charge in [0.2, 0.25) is 15.9 Å². The van der Waals surface area contributed by atoms with Crippen molar-refractivity contribution in [2.45, 2.75) is 43.9 Å². The predicted molar refractivity (Wildman–Crippen MR) is 142 cm³/mol. The summed E-state index contributed by atoms with van der Waals surface area (Å²) in [6, 6.07) is 2.88. The van der Waals surface area contributed by atoms with E-state index < -0.39 is 16.1 Å². The normalized spacial score (nSPS) is 14.4. The van der Waals surface area contributed by atoms with Gasteiger partial charge in [0, 0.05) is 12.4 Å². The molecule has 0 radical (unpaired) electrons. The smallest absolute Gasteiger partial charge is 0.280 e. The average molecular weight is 546 g/mol. The molecule has 1 unspecified atom stereocenters. The van der Waals surface area contributed by atoms with Crippen molar-refractivity contribution in [3.05, 3.63) is 47.6 Å². The molecule has 4 rings (SSSR count). The number of ether oxygens (including phenoxy) is 1. The van der Waals surface area contributed by atoms with Gasteiger partial charge in [0.25, 0.3) is 5.91 Å². The van der Waals surface area contributed by atoms with Gasteiger partial charge in [-0.25, -0.2) is 18.4 Å². The second kappa shape index (κ2) is 11.9. The van der Waals surface area contributed by atoms with E-state index in [2.05, 4.69) is 34.9 Å². The quantitative estimate of drug-likeness (QED) is 0.332. The Hall–Kier alpha value is -3.16. The fourth-order valence-corrected chi connectivity index (χ4v) is 5.79. The zero-order valence-corrected chi connectivity index (χ0v) is 22.7. The zero-order valence-electron chi connectivity index (χ0n) is 21.0. The third-order valence-corrected chi connectivity index (χ3v) is 8.51. The van der Waals surface area contributed by atoms with Gasteiger partial charge in [-0.3, -0.25) is 19.5 Å². The minimum atomic E-state index is -3.41. The van der Waals surface area contributed by atoms with Crippen LogP contribution >= 0.6 is 11.3 Å². The van der Waals surface area contributed by atoms with Gasteiger partial charge in [0.1, 0.15) is 5.69 Å². The number of aromatic nitrogens is 4. The number of pyridine rings is 1. The zero-order chi connectivity index (χ0) is 26.4. The maximum Gasteiger partial charge on any atom is 0.280 e. The van der Waals surface area contributed by atoms with Crippen LogP contribution in [0.25, 0.3) is 10.6 Å². The molecule has 1 atom stereocenters. The number of nitrogens with one attached hydrogen (secondary N) is 2. The summed E-state index contributed by atoms with van der Waals surface area (Å²) in [5, 5.41) is 2.98. The van der Waals surface area contributed by atoms with E-state index in [1.165, 1.54) is 17.5 Å². The molecule has 0 bridgehead atoms. The Bertz CT molecular complexity index is 1330. The molecule has 1 fully saturated rings. The molecule has 0 aromatic carbocycles. The van der Waals surface area contributed by atoms with Gasteiger partial charge in [-0.1, -0.05) is 0 Å². The standard InChI is InChI=1S/C24H31N7O4S2/c1-4-35-22-15-25-13-20(28-22)21-14-27-24(36-21)23(32)29-18(6-5-11-31(2)3)19-12-16(9-10-26-19)30-37(33,34)17-7-8-17/h9-10,12-15,17-18H,4-8,11H2,1-3H3,(H,26,30)(H,29,32). The van der Waals surface area contributed by atoms with E-state index in [0.717, 1.165) is 13.0 Å². The van der Waals surface area contributed by atoms with E-state index >= 15 is 0 Å². The van der Waals surface area contributed by atoms with E-state index in [9.17, 15) is 13.2 Å².